The molecule has 0 unspecified atom stereocenters. The van der Waals surface area contributed by atoms with Crippen LogP contribution in [0.2, 0.25) is 0 Å². The number of halogens is 3. The second-order valence-corrected chi connectivity index (χ2v) is 14.9. The Bertz CT molecular complexity index is 1090. The van der Waals surface area contributed by atoms with Crippen LogP contribution in [0.3, 0.4) is 0 Å². The van der Waals surface area contributed by atoms with Gasteiger partial charge in [0.1, 0.15) is 0 Å². The van der Waals surface area contributed by atoms with E-state index in [-0.39, 0.29) is 58.9 Å². The third-order valence-electron chi connectivity index (χ3n) is 8.32. The molecule has 0 amide bonds. The van der Waals surface area contributed by atoms with E-state index < -0.39 is 8.07 Å². The van der Waals surface area contributed by atoms with Crippen LogP contribution in [-0.4, -0.2) is 8.07 Å². The standard InChI is InChI=1S/C37H47Si.3ClH.Ti/c1-5-9-12-31-16-22-34(23-17-31)38(37-28-15-30(8-4)29-37,35-24-18-32(19-25-35)13-10-6-2)36-26-20-33(21-27-36)14-11-7-3;;;;/h15-27H,5-14,28H2,1-4H3;3*1H;/q-1;;;;+4/p-3. The molecule has 0 nitrogen and oxygen atoms in total. The van der Waals surface area contributed by atoms with Gasteiger partial charge in [-0.2, -0.15) is 5.20 Å². The summed E-state index contributed by atoms with van der Waals surface area (Å²) in [7, 11) is -2.46. The molecule has 0 bridgehead atoms. The van der Waals surface area contributed by atoms with Crippen LogP contribution in [0.1, 0.15) is 95.8 Å². The van der Waals surface area contributed by atoms with Gasteiger partial charge in [0.05, 0.1) is 0 Å². The van der Waals surface area contributed by atoms with E-state index in [9.17, 15) is 0 Å². The van der Waals surface area contributed by atoms with Gasteiger partial charge in [0.15, 0.2) is 8.07 Å². The first-order valence-electron chi connectivity index (χ1n) is 15.3. The van der Waals surface area contributed by atoms with E-state index in [1.54, 1.807) is 0 Å². The van der Waals surface area contributed by atoms with Gasteiger partial charge >= 0.3 is 21.7 Å². The fraction of sp³-hybridized carbons (Fsp3) is 0.405. The molecule has 0 aromatic heterocycles. The average molecular weight is 674 g/mol. The summed E-state index contributed by atoms with van der Waals surface area (Å²) in [5.74, 6) is 0. The first-order chi connectivity index (χ1) is 18.6. The molecule has 0 spiro atoms. The summed E-state index contributed by atoms with van der Waals surface area (Å²) in [5, 5.41) is 5.99. The van der Waals surface area contributed by atoms with E-state index in [1.165, 1.54) is 101 Å². The second-order valence-electron chi connectivity index (χ2n) is 11.0. The van der Waals surface area contributed by atoms with Crippen molar-refractivity contribution in [2.75, 3.05) is 0 Å². The van der Waals surface area contributed by atoms with Crippen LogP contribution >= 0.6 is 0 Å². The Morgan fingerprint density at radius 3 is 1.14 bits per heavy atom. The average Bonchev–Trinajstić information content (AvgIpc) is 3.46. The van der Waals surface area contributed by atoms with Crippen LogP contribution in [0.15, 0.2) is 89.6 Å². The predicted octanol–water partition coefficient (Wildman–Crippen LogP) is -0.797. The number of unbranched alkanes of at least 4 members (excludes halogenated alkanes) is 3. The summed E-state index contributed by atoms with van der Waals surface area (Å²) >= 11 is 0. The van der Waals surface area contributed by atoms with Crippen molar-refractivity contribution >= 4 is 23.6 Å². The predicted molar refractivity (Wildman–Crippen MR) is 170 cm³/mol. The number of benzene rings is 3. The molecule has 0 fully saturated rings. The minimum absolute atomic E-state index is 0. The first-order valence-corrected chi connectivity index (χ1v) is 17.3. The van der Waals surface area contributed by atoms with Crippen molar-refractivity contribution in [3.05, 3.63) is 112 Å². The van der Waals surface area contributed by atoms with Gasteiger partial charge in [-0.15, -0.1) is 0 Å². The molecule has 5 heteroatoms. The van der Waals surface area contributed by atoms with Crippen molar-refractivity contribution < 1.29 is 58.9 Å². The Labute approximate surface area is 291 Å². The van der Waals surface area contributed by atoms with E-state index in [0.717, 1.165) is 12.8 Å². The summed E-state index contributed by atoms with van der Waals surface area (Å²) in [5.41, 5.74) is 5.75. The summed E-state index contributed by atoms with van der Waals surface area (Å²) in [4.78, 5) is 0. The van der Waals surface area contributed by atoms with Crippen molar-refractivity contribution in [3.8, 4) is 0 Å². The largest absolute Gasteiger partial charge is 4.00 e. The Balaban J connectivity index is 0.00000420. The van der Waals surface area contributed by atoms with Gasteiger partial charge in [0.25, 0.3) is 0 Å². The van der Waals surface area contributed by atoms with Crippen LogP contribution in [0.25, 0.3) is 0 Å². The molecule has 0 radical (unpaired) electrons. The third kappa shape index (κ3) is 9.72. The minimum Gasteiger partial charge on any atom is -1.00 e. The number of hydrogen-bond acceptors (Lipinski definition) is 0. The smallest absolute Gasteiger partial charge is 1.00 e. The normalized spacial score (nSPS) is 12.2. The Morgan fingerprint density at radius 2 is 0.881 bits per heavy atom. The number of allylic oxidation sites excluding steroid dienone is 4. The maximum Gasteiger partial charge on any atom is 4.00 e. The molecule has 0 aliphatic heterocycles. The maximum absolute atomic E-state index is 3.96. The molecular weight excluding hydrogens is 627 g/mol. The molecular formula is C37H47Cl3SiTi. The number of rotatable bonds is 14. The van der Waals surface area contributed by atoms with Crippen molar-refractivity contribution in [2.45, 2.75) is 98.3 Å². The summed E-state index contributed by atoms with van der Waals surface area (Å²) in [6, 6.07) is 29.2. The zero-order valence-corrected chi connectivity index (χ0v) is 30.7. The van der Waals surface area contributed by atoms with Gasteiger partial charge < -0.3 is 37.2 Å². The van der Waals surface area contributed by atoms with Crippen LogP contribution in [0, 0.1) is 6.08 Å². The molecule has 0 heterocycles. The van der Waals surface area contributed by atoms with Crippen molar-refractivity contribution in [1.29, 1.82) is 0 Å². The first kappa shape index (κ1) is 40.9. The summed E-state index contributed by atoms with van der Waals surface area (Å²) in [6.45, 7) is 9.10. The summed E-state index contributed by atoms with van der Waals surface area (Å²) in [6.07, 6.45) is 19.4. The SMILES string of the molecule is CCCCc1ccc([Si](C2=[C-]C(CC)=CC2)(c2ccc(CCCC)cc2)c2ccc(CCCC)cc2)cc1.[Cl-].[Cl-].[Cl-].[Ti+4]. The molecule has 3 aromatic rings. The molecule has 4 rings (SSSR count). The Hall–Kier alpha value is -1.06. The van der Waals surface area contributed by atoms with E-state index in [0.29, 0.717) is 0 Å². The summed E-state index contributed by atoms with van der Waals surface area (Å²) < 4.78 is 0. The second kappa shape index (κ2) is 20.8. The zero-order valence-electron chi connectivity index (χ0n) is 25.9. The van der Waals surface area contributed by atoms with E-state index in [4.69, 9.17) is 0 Å². The van der Waals surface area contributed by atoms with Crippen LogP contribution in [0.4, 0.5) is 0 Å². The van der Waals surface area contributed by atoms with E-state index in [2.05, 4.69) is 113 Å². The monoisotopic (exact) mass is 672 g/mol. The number of hydrogen-bond donors (Lipinski definition) is 0. The van der Waals surface area contributed by atoms with Crippen LogP contribution in [-0.2, 0) is 41.0 Å². The van der Waals surface area contributed by atoms with Gasteiger partial charge in [-0.25, -0.2) is 11.6 Å². The molecule has 224 valence electrons. The fourth-order valence-electron chi connectivity index (χ4n) is 5.93. The quantitative estimate of drug-likeness (QED) is 0.120. The number of aryl methyl sites for hydroxylation is 3. The van der Waals surface area contributed by atoms with Crippen LogP contribution < -0.4 is 52.8 Å². The third-order valence-corrected chi connectivity index (χ3v) is 13.1. The van der Waals surface area contributed by atoms with E-state index >= 15 is 0 Å². The molecule has 0 saturated carbocycles. The van der Waals surface area contributed by atoms with Gasteiger partial charge in [-0.1, -0.05) is 133 Å². The maximum atomic E-state index is 3.96. The molecule has 42 heavy (non-hydrogen) atoms. The van der Waals surface area contributed by atoms with Crippen LogP contribution in [0.5, 0.6) is 0 Å². The molecule has 0 saturated heterocycles. The Kier molecular flexibility index (Phi) is 20.3. The fourth-order valence-corrected chi connectivity index (χ4v) is 10.7. The van der Waals surface area contributed by atoms with Gasteiger partial charge in [-0.05, 0) is 70.8 Å². The van der Waals surface area contributed by atoms with Crippen molar-refractivity contribution in [1.82, 2.24) is 0 Å². The van der Waals surface area contributed by atoms with Gasteiger partial charge in [0.2, 0.25) is 0 Å². The molecule has 0 atom stereocenters. The molecule has 0 N–H and O–H groups in total. The van der Waals surface area contributed by atoms with Gasteiger partial charge in [0, 0.05) is 0 Å². The van der Waals surface area contributed by atoms with E-state index in [1.807, 2.05) is 0 Å². The minimum atomic E-state index is -2.46. The zero-order chi connectivity index (χ0) is 26.8. The molecule has 1 aliphatic rings. The van der Waals surface area contributed by atoms with Crippen molar-refractivity contribution in [3.63, 3.8) is 0 Å². The van der Waals surface area contributed by atoms with Gasteiger partial charge in [-0.3, -0.25) is 6.08 Å². The topological polar surface area (TPSA) is 0 Å². The molecule has 3 aromatic carbocycles. The Morgan fingerprint density at radius 1 is 0.548 bits per heavy atom. The molecule has 1 aliphatic carbocycles. The van der Waals surface area contributed by atoms with Crippen molar-refractivity contribution in [2.24, 2.45) is 0 Å².